The van der Waals surface area contributed by atoms with Gasteiger partial charge in [-0.15, -0.1) is 0 Å². The predicted octanol–water partition coefficient (Wildman–Crippen LogP) is 4.07. The topological polar surface area (TPSA) is 55.1 Å². The monoisotopic (exact) mass is 302 g/mol. The summed E-state index contributed by atoms with van der Waals surface area (Å²) in [6.45, 7) is 1.87. The van der Waals surface area contributed by atoms with Gasteiger partial charge < -0.3 is 11.1 Å². The molecule has 0 atom stereocenters. The van der Waals surface area contributed by atoms with Crippen molar-refractivity contribution in [1.29, 1.82) is 0 Å². The number of nitrogens with one attached hydrogen (secondary N) is 1. The number of carbonyl (C=O) groups is 1. The number of anilines is 1. The largest absolute Gasteiger partial charge is 0.416 e. The summed E-state index contributed by atoms with van der Waals surface area (Å²) in [5.74, 6) is -0.264. The van der Waals surface area contributed by atoms with E-state index in [2.05, 4.69) is 12.2 Å². The fourth-order valence-electron chi connectivity index (χ4n) is 2.03. The minimum atomic E-state index is -4.48. The molecule has 0 unspecified atom stereocenters. The van der Waals surface area contributed by atoms with Gasteiger partial charge in [-0.3, -0.25) is 4.79 Å². The van der Waals surface area contributed by atoms with Crippen molar-refractivity contribution in [3.63, 3.8) is 0 Å². The van der Waals surface area contributed by atoms with Crippen LogP contribution in [-0.2, 0) is 17.5 Å². The highest BCUT2D eigenvalue weighted by Gasteiger charge is 2.33. The lowest BCUT2D eigenvalue weighted by Gasteiger charge is -2.14. The van der Waals surface area contributed by atoms with Crippen LogP contribution in [0.25, 0.3) is 0 Å². The van der Waals surface area contributed by atoms with Crippen molar-refractivity contribution in [2.75, 3.05) is 5.32 Å². The van der Waals surface area contributed by atoms with Crippen LogP contribution in [0, 0.1) is 0 Å². The van der Waals surface area contributed by atoms with Gasteiger partial charge in [0.15, 0.2) is 0 Å². The fourth-order valence-corrected chi connectivity index (χ4v) is 2.03. The molecule has 0 aliphatic rings. The first-order chi connectivity index (χ1) is 9.88. The van der Waals surface area contributed by atoms with Crippen molar-refractivity contribution in [1.82, 2.24) is 0 Å². The number of carbonyl (C=O) groups excluding carboxylic acids is 1. The van der Waals surface area contributed by atoms with Crippen LogP contribution in [0.5, 0.6) is 0 Å². The molecule has 0 fully saturated rings. The zero-order valence-electron chi connectivity index (χ0n) is 12.1. The number of halogens is 3. The van der Waals surface area contributed by atoms with Gasteiger partial charge in [0.2, 0.25) is 5.91 Å². The average Bonchev–Trinajstić information content (AvgIpc) is 2.42. The molecule has 0 aliphatic heterocycles. The molecule has 3 nitrogen and oxygen atoms in total. The number of amides is 1. The number of nitrogens with two attached hydrogens (primary N) is 1. The van der Waals surface area contributed by atoms with Gasteiger partial charge in [-0.25, -0.2) is 0 Å². The van der Waals surface area contributed by atoms with Crippen molar-refractivity contribution < 1.29 is 18.0 Å². The summed E-state index contributed by atoms with van der Waals surface area (Å²) in [5, 5.41) is 2.50. The van der Waals surface area contributed by atoms with E-state index in [1.165, 1.54) is 12.1 Å². The maximum atomic E-state index is 12.9. The van der Waals surface area contributed by atoms with Crippen LogP contribution in [0.3, 0.4) is 0 Å². The second kappa shape index (κ2) is 8.02. The molecule has 1 aromatic rings. The smallest absolute Gasteiger partial charge is 0.326 e. The molecule has 0 saturated heterocycles. The Bertz CT molecular complexity index is 472. The van der Waals surface area contributed by atoms with E-state index in [4.69, 9.17) is 5.73 Å². The number of hydrogen-bond acceptors (Lipinski definition) is 2. The standard InChI is InChI=1S/C15H21F3N2O/c1-2-3-4-5-6-14(21)20-12-8-7-11(10-19)13(9-12)15(16,17)18/h7-9H,2-6,10,19H2,1H3,(H,20,21). The average molecular weight is 302 g/mol. The molecule has 1 rings (SSSR count). The first kappa shape index (κ1) is 17.5. The summed E-state index contributed by atoms with van der Waals surface area (Å²) in [4.78, 5) is 11.7. The van der Waals surface area contributed by atoms with Crippen molar-refractivity contribution >= 4 is 11.6 Å². The Kier molecular flexibility index (Phi) is 6.68. The summed E-state index contributed by atoms with van der Waals surface area (Å²) in [7, 11) is 0. The number of benzene rings is 1. The van der Waals surface area contributed by atoms with E-state index >= 15 is 0 Å². The molecule has 0 radical (unpaired) electrons. The summed E-state index contributed by atoms with van der Waals surface area (Å²) in [6.07, 6.45) is -0.346. The minimum absolute atomic E-state index is 0.0171. The Balaban J connectivity index is 2.70. The van der Waals surface area contributed by atoms with Gasteiger partial charge in [0, 0.05) is 18.7 Å². The molecule has 6 heteroatoms. The lowest BCUT2D eigenvalue weighted by Crippen LogP contribution is -2.15. The number of hydrogen-bond donors (Lipinski definition) is 2. The van der Waals surface area contributed by atoms with Gasteiger partial charge in [-0.1, -0.05) is 32.3 Å². The molecular formula is C15H21F3N2O. The fraction of sp³-hybridized carbons (Fsp3) is 0.533. The van der Waals surface area contributed by atoms with Crippen LogP contribution in [0.2, 0.25) is 0 Å². The normalized spacial score (nSPS) is 11.5. The van der Waals surface area contributed by atoms with E-state index in [1.54, 1.807) is 0 Å². The van der Waals surface area contributed by atoms with Crippen LogP contribution < -0.4 is 11.1 Å². The summed E-state index contributed by atoms with van der Waals surface area (Å²) in [6, 6.07) is 3.68. The van der Waals surface area contributed by atoms with E-state index in [-0.39, 0.29) is 23.7 Å². The highest BCUT2D eigenvalue weighted by atomic mass is 19.4. The van der Waals surface area contributed by atoms with Gasteiger partial charge >= 0.3 is 6.18 Å². The molecule has 0 aliphatic carbocycles. The Morgan fingerprint density at radius 2 is 1.95 bits per heavy atom. The highest BCUT2D eigenvalue weighted by Crippen LogP contribution is 2.33. The van der Waals surface area contributed by atoms with Crippen LogP contribution in [0.1, 0.15) is 50.2 Å². The molecular weight excluding hydrogens is 281 g/mol. The van der Waals surface area contributed by atoms with Gasteiger partial charge in [-0.05, 0) is 24.1 Å². The van der Waals surface area contributed by atoms with E-state index < -0.39 is 11.7 Å². The predicted molar refractivity (Wildman–Crippen MR) is 76.7 cm³/mol. The van der Waals surface area contributed by atoms with Crippen LogP contribution >= 0.6 is 0 Å². The molecule has 0 heterocycles. The second-order valence-electron chi connectivity index (χ2n) is 4.93. The molecule has 0 saturated carbocycles. The van der Waals surface area contributed by atoms with Gasteiger partial charge in [0.25, 0.3) is 0 Å². The molecule has 21 heavy (non-hydrogen) atoms. The quantitative estimate of drug-likeness (QED) is 0.746. The van der Waals surface area contributed by atoms with Gasteiger partial charge in [-0.2, -0.15) is 13.2 Å². The van der Waals surface area contributed by atoms with Gasteiger partial charge in [0.05, 0.1) is 5.56 Å². The third-order valence-corrected chi connectivity index (χ3v) is 3.18. The molecule has 1 amide bonds. The van der Waals surface area contributed by atoms with Crippen LogP contribution in [0.4, 0.5) is 18.9 Å². The lowest BCUT2D eigenvalue weighted by molar-refractivity contribution is -0.138. The Morgan fingerprint density at radius 3 is 2.52 bits per heavy atom. The Morgan fingerprint density at radius 1 is 1.24 bits per heavy atom. The SMILES string of the molecule is CCCCCCC(=O)Nc1ccc(CN)c(C(F)(F)F)c1. The third kappa shape index (κ3) is 5.75. The number of alkyl halides is 3. The van der Waals surface area contributed by atoms with Crippen molar-refractivity contribution in [2.45, 2.75) is 51.7 Å². The second-order valence-corrected chi connectivity index (χ2v) is 4.93. The lowest BCUT2D eigenvalue weighted by atomic mass is 10.1. The maximum Gasteiger partial charge on any atom is 0.416 e. The van der Waals surface area contributed by atoms with Crippen LogP contribution in [0.15, 0.2) is 18.2 Å². The Labute approximate surface area is 122 Å². The Hall–Kier alpha value is -1.56. The molecule has 3 N–H and O–H groups in total. The van der Waals surface area contributed by atoms with E-state index in [0.717, 1.165) is 31.7 Å². The first-order valence-corrected chi connectivity index (χ1v) is 7.08. The van der Waals surface area contributed by atoms with Crippen LogP contribution in [-0.4, -0.2) is 5.91 Å². The molecule has 1 aromatic carbocycles. The summed E-state index contributed by atoms with van der Waals surface area (Å²) in [5.41, 5.74) is 4.68. The van der Waals surface area contributed by atoms with E-state index in [0.29, 0.717) is 6.42 Å². The molecule has 0 spiro atoms. The highest BCUT2D eigenvalue weighted by molar-refractivity contribution is 5.90. The van der Waals surface area contributed by atoms with E-state index in [1.807, 2.05) is 0 Å². The summed E-state index contributed by atoms with van der Waals surface area (Å²) >= 11 is 0. The number of rotatable bonds is 7. The summed E-state index contributed by atoms with van der Waals surface area (Å²) < 4.78 is 38.6. The zero-order valence-corrected chi connectivity index (χ0v) is 12.1. The first-order valence-electron chi connectivity index (χ1n) is 7.08. The maximum absolute atomic E-state index is 12.9. The van der Waals surface area contributed by atoms with Crippen molar-refractivity contribution in [2.24, 2.45) is 5.73 Å². The molecule has 118 valence electrons. The van der Waals surface area contributed by atoms with E-state index in [9.17, 15) is 18.0 Å². The zero-order chi connectivity index (χ0) is 15.9. The van der Waals surface area contributed by atoms with Crippen molar-refractivity contribution in [3.8, 4) is 0 Å². The third-order valence-electron chi connectivity index (χ3n) is 3.18. The van der Waals surface area contributed by atoms with Gasteiger partial charge in [0.1, 0.15) is 0 Å². The molecule has 0 bridgehead atoms. The van der Waals surface area contributed by atoms with Crippen molar-refractivity contribution in [3.05, 3.63) is 29.3 Å². The molecule has 0 aromatic heterocycles. The minimum Gasteiger partial charge on any atom is -0.326 e. The number of unbranched alkanes of at least 4 members (excludes halogenated alkanes) is 3.